The molecule has 1 aromatic heterocycles. The Balaban J connectivity index is 1.87. The number of hydrogen-bond donors (Lipinski definition) is 0. The number of carbonyl (C=O) groups excluding carboxylic acids is 2. The molecular weight excluding hydrogens is 378 g/mol. The minimum atomic E-state index is -0.240. The lowest BCUT2D eigenvalue weighted by atomic mass is 9.96. The molecular formula is C24H33N3O3. The highest BCUT2D eigenvalue weighted by Crippen LogP contribution is 2.24. The number of rotatable bonds is 7. The number of amides is 1. The van der Waals surface area contributed by atoms with Crippen LogP contribution < -0.4 is 0 Å². The largest absolute Gasteiger partial charge is 0.466 e. The summed E-state index contributed by atoms with van der Waals surface area (Å²) in [6, 6.07) is 10.2. The molecule has 30 heavy (non-hydrogen) atoms. The van der Waals surface area contributed by atoms with Crippen LogP contribution in [0.2, 0.25) is 0 Å². The number of hydrogen-bond acceptors (Lipinski definition) is 4. The lowest BCUT2D eigenvalue weighted by molar-refractivity contribution is -0.149. The lowest BCUT2D eigenvalue weighted by Crippen LogP contribution is -2.43. The molecule has 0 saturated carbocycles. The third-order valence-electron chi connectivity index (χ3n) is 5.60. The standard InChI is InChI=1S/C24H33N3O3/c1-5-30-24(29)20-12-9-13-26(16-20)23(28)22-18(4)27(25-21(22)14-17(2)3)15-19-10-7-6-8-11-19/h6-8,10-11,17,20H,5,9,12-16H2,1-4H3/t20-/m0/s1. The van der Waals surface area contributed by atoms with Crippen molar-refractivity contribution in [3.05, 3.63) is 52.8 Å². The van der Waals surface area contributed by atoms with Crippen molar-refractivity contribution in [1.29, 1.82) is 0 Å². The van der Waals surface area contributed by atoms with E-state index in [0.717, 1.165) is 36.2 Å². The Labute approximate surface area is 179 Å². The minimum absolute atomic E-state index is 0.0172. The van der Waals surface area contributed by atoms with Crippen LogP contribution in [-0.4, -0.2) is 46.3 Å². The Bertz CT molecular complexity index is 873. The number of benzene rings is 1. The molecule has 6 heteroatoms. The summed E-state index contributed by atoms with van der Waals surface area (Å²) in [5, 5.41) is 4.82. The molecule has 1 aromatic carbocycles. The van der Waals surface area contributed by atoms with Gasteiger partial charge in [0.2, 0.25) is 0 Å². The van der Waals surface area contributed by atoms with Gasteiger partial charge in [0, 0.05) is 18.8 Å². The second kappa shape index (κ2) is 9.92. The summed E-state index contributed by atoms with van der Waals surface area (Å²) in [6.07, 6.45) is 2.33. The van der Waals surface area contributed by atoms with E-state index >= 15 is 0 Å². The molecule has 1 aliphatic heterocycles. The van der Waals surface area contributed by atoms with Crippen LogP contribution in [0.3, 0.4) is 0 Å². The molecule has 0 bridgehead atoms. The molecule has 162 valence electrons. The van der Waals surface area contributed by atoms with Gasteiger partial charge in [0.05, 0.1) is 30.3 Å². The summed E-state index contributed by atoms with van der Waals surface area (Å²) in [6.45, 7) is 10.1. The average Bonchev–Trinajstić information content (AvgIpc) is 3.02. The molecule has 1 aliphatic rings. The first-order valence-corrected chi connectivity index (χ1v) is 11.0. The number of esters is 1. The maximum absolute atomic E-state index is 13.5. The van der Waals surface area contributed by atoms with Gasteiger partial charge in [0.1, 0.15) is 0 Å². The molecule has 2 aromatic rings. The molecule has 6 nitrogen and oxygen atoms in total. The third kappa shape index (κ3) is 5.10. The molecule has 0 N–H and O–H groups in total. The van der Waals surface area contributed by atoms with Crippen molar-refractivity contribution in [1.82, 2.24) is 14.7 Å². The first-order chi connectivity index (χ1) is 14.4. The van der Waals surface area contributed by atoms with Crippen LogP contribution in [-0.2, 0) is 22.5 Å². The van der Waals surface area contributed by atoms with Crippen LogP contribution in [0.5, 0.6) is 0 Å². The molecule has 0 radical (unpaired) electrons. The van der Waals surface area contributed by atoms with E-state index in [1.165, 1.54) is 0 Å². The van der Waals surface area contributed by atoms with Gasteiger partial charge in [-0.1, -0.05) is 44.2 Å². The predicted molar refractivity (Wildman–Crippen MR) is 116 cm³/mol. The molecule has 3 rings (SSSR count). The fraction of sp³-hybridized carbons (Fsp3) is 0.542. The summed E-state index contributed by atoms with van der Waals surface area (Å²) in [5.41, 5.74) is 3.59. The maximum atomic E-state index is 13.5. The number of nitrogens with zero attached hydrogens (tertiary/aromatic N) is 3. The topological polar surface area (TPSA) is 64.4 Å². The Morgan fingerprint density at radius 1 is 1.23 bits per heavy atom. The van der Waals surface area contributed by atoms with Gasteiger partial charge in [-0.05, 0) is 44.6 Å². The summed E-state index contributed by atoms with van der Waals surface area (Å²) < 4.78 is 7.13. The van der Waals surface area contributed by atoms with Crippen molar-refractivity contribution in [3.63, 3.8) is 0 Å². The zero-order valence-corrected chi connectivity index (χ0v) is 18.6. The van der Waals surface area contributed by atoms with Crippen LogP contribution >= 0.6 is 0 Å². The van der Waals surface area contributed by atoms with Crippen LogP contribution in [0, 0.1) is 18.8 Å². The fourth-order valence-corrected chi connectivity index (χ4v) is 4.10. The Hall–Kier alpha value is -2.63. The monoisotopic (exact) mass is 411 g/mol. The van der Waals surface area contributed by atoms with Gasteiger partial charge in [-0.15, -0.1) is 0 Å². The van der Waals surface area contributed by atoms with Crippen LogP contribution in [0.15, 0.2) is 30.3 Å². The second-order valence-electron chi connectivity index (χ2n) is 8.49. The molecule has 2 heterocycles. The highest BCUT2D eigenvalue weighted by atomic mass is 16.5. The third-order valence-corrected chi connectivity index (χ3v) is 5.60. The highest BCUT2D eigenvalue weighted by molar-refractivity contribution is 5.97. The smallest absolute Gasteiger partial charge is 0.310 e. The first kappa shape index (κ1) is 22.1. The van der Waals surface area contributed by atoms with E-state index in [0.29, 0.717) is 37.7 Å². The van der Waals surface area contributed by atoms with Crippen molar-refractivity contribution in [2.45, 2.75) is 53.5 Å². The SMILES string of the molecule is CCOC(=O)[C@H]1CCCN(C(=O)c2c(CC(C)C)nn(Cc3ccccc3)c2C)C1. The molecule has 0 unspecified atom stereocenters. The molecule has 0 aliphatic carbocycles. The zero-order chi connectivity index (χ0) is 21.7. The Morgan fingerprint density at radius 3 is 2.63 bits per heavy atom. The number of ether oxygens (including phenoxy) is 1. The van der Waals surface area contributed by atoms with E-state index in [4.69, 9.17) is 9.84 Å². The molecule has 1 fully saturated rings. The zero-order valence-electron chi connectivity index (χ0n) is 18.6. The van der Waals surface area contributed by atoms with E-state index < -0.39 is 0 Å². The van der Waals surface area contributed by atoms with Crippen molar-refractivity contribution < 1.29 is 14.3 Å². The number of aromatic nitrogens is 2. The summed E-state index contributed by atoms with van der Waals surface area (Å²) >= 11 is 0. The Kier molecular flexibility index (Phi) is 7.29. The van der Waals surface area contributed by atoms with Gasteiger partial charge in [0.15, 0.2) is 0 Å². The van der Waals surface area contributed by atoms with Crippen molar-refractivity contribution in [3.8, 4) is 0 Å². The number of likely N-dealkylation sites (tertiary alicyclic amines) is 1. The van der Waals surface area contributed by atoms with Crippen molar-refractivity contribution in [2.24, 2.45) is 11.8 Å². The fourth-order valence-electron chi connectivity index (χ4n) is 4.10. The van der Waals surface area contributed by atoms with Gasteiger partial charge >= 0.3 is 5.97 Å². The summed E-state index contributed by atoms with van der Waals surface area (Å²) in [5.74, 6) is -0.0640. The molecule has 1 saturated heterocycles. The first-order valence-electron chi connectivity index (χ1n) is 11.0. The molecule has 1 amide bonds. The van der Waals surface area contributed by atoms with Gasteiger partial charge in [-0.3, -0.25) is 14.3 Å². The molecule has 0 spiro atoms. The summed E-state index contributed by atoms with van der Waals surface area (Å²) in [4.78, 5) is 27.6. The van der Waals surface area contributed by atoms with Crippen LogP contribution in [0.1, 0.15) is 60.9 Å². The van der Waals surface area contributed by atoms with Crippen LogP contribution in [0.25, 0.3) is 0 Å². The normalized spacial score (nSPS) is 16.7. The van der Waals surface area contributed by atoms with E-state index in [9.17, 15) is 9.59 Å². The van der Waals surface area contributed by atoms with Gasteiger partial charge in [0.25, 0.3) is 5.91 Å². The number of piperidine rings is 1. The van der Waals surface area contributed by atoms with Crippen LogP contribution in [0.4, 0.5) is 0 Å². The average molecular weight is 412 g/mol. The van der Waals surface area contributed by atoms with Crippen molar-refractivity contribution >= 4 is 11.9 Å². The highest BCUT2D eigenvalue weighted by Gasteiger charge is 2.32. The van der Waals surface area contributed by atoms with Gasteiger partial charge < -0.3 is 9.64 Å². The van der Waals surface area contributed by atoms with Gasteiger partial charge in [-0.2, -0.15) is 5.10 Å². The lowest BCUT2D eigenvalue weighted by Gasteiger charge is -2.31. The van der Waals surface area contributed by atoms with E-state index in [2.05, 4.69) is 26.0 Å². The van der Waals surface area contributed by atoms with Crippen molar-refractivity contribution in [2.75, 3.05) is 19.7 Å². The Morgan fingerprint density at radius 2 is 1.97 bits per heavy atom. The van der Waals surface area contributed by atoms with E-state index in [1.54, 1.807) is 0 Å². The summed E-state index contributed by atoms with van der Waals surface area (Å²) in [7, 11) is 0. The van der Waals surface area contributed by atoms with E-state index in [-0.39, 0.29) is 17.8 Å². The van der Waals surface area contributed by atoms with Gasteiger partial charge in [-0.25, -0.2) is 0 Å². The molecule has 1 atom stereocenters. The van der Waals surface area contributed by atoms with E-state index in [1.807, 2.05) is 41.6 Å². The maximum Gasteiger partial charge on any atom is 0.310 e. The number of carbonyl (C=O) groups is 2. The minimum Gasteiger partial charge on any atom is -0.466 e. The quantitative estimate of drug-likeness (QED) is 0.649. The second-order valence-corrected chi connectivity index (χ2v) is 8.49. The predicted octanol–water partition coefficient (Wildman–Crippen LogP) is 3.85.